The van der Waals surface area contributed by atoms with Crippen LogP contribution in [0.5, 0.6) is 0 Å². The Balaban J connectivity index is 1.72. The smallest absolute Gasteiger partial charge is 0.112 e. The van der Waals surface area contributed by atoms with Gasteiger partial charge in [-0.3, -0.25) is 4.98 Å². The van der Waals surface area contributed by atoms with Crippen molar-refractivity contribution < 1.29 is 0 Å². The predicted molar refractivity (Wildman–Crippen MR) is 89.0 cm³/mol. The second-order valence-corrected chi connectivity index (χ2v) is 6.58. The first-order chi connectivity index (χ1) is 10.6. The van der Waals surface area contributed by atoms with E-state index in [1.165, 1.54) is 37.3 Å². The van der Waals surface area contributed by atoms with Gasteiger partial charge in [0.05, 0.1) is 12.2 Å². The van der Waals surface area contributed by atoms with Crippen molar-refractivity contribution in [3.63, 3.8) is 0 Å². The maximum Gasteiger partial charge on any atom is 0.112 e. The third kappa shape index (κ3) is 3.22. The van der Waals surface area contributed by atoms with Crippen molar-refractivity contribution in [2.24, 2.45) is 0 Å². The number of piperidine rings is 1. The topological polar surface area (TPSA) is 34.0 Å². The van der Waals surface area contributed by atoms with Gasteiger partial charge in [-0.05, 0) is 58.3 Å². The molecule has 3 rings (SSSR count). The van der Waals surface area contributed by atoms with Crippen molar-refractivity contribution in [3.05, 3.63) is 47.8 Å². The highest BCUT2D eigenvalue weighted by Gasteiger charge is 2.25. The Bertz CT molecular complexity index is 609. The zero-order valence-electron chi connectivity index (χ0n) is 13.9. The number of hydrogen-bond acceptors (Lipinski definition) is 3. The van der Waals surface area contributed by atoms with Gasteiger partial charge in [0.15, 0.2) is 0 Å². The maximum absolute atomic E-state index is 4.65. The van der Waals surface area contributed by atoms with Crippen LogP contribution in [0.4, 0.5) is 0 Å². The van der Waals surface area contributed by atoms with E-state index in [0.717, 1.165) is 12.2 Å². The van der Waals surface area contributed by atoms with Crippen LogP contribution in [-0.2, 0) is 6.54 Å². The highest BCUT2D eigenvalue weighted by Crippen LogP contribution is 2.28. The van der Waals surface area contributed by atoms with Crippen LogP contribution in [0.2, 0.25) is 0 Å². The lowest BCUT2D eigenvalue weighted by Gasteiger charge is -2.34. The van der Waals surface area contributed by atoms with E-state index in [-0.39, 0.29) is 0 Å². The van der Waals surface area contributed by atoms with E-state index in [0.29, 0.717) is 12.0 Å². The zero-order chi connectivity index (χ0) is 15.5. The SMILES string of the molecule is Cc1cccnc1Cn1ccnc1C1CCN(C(C)C)CC1. The van der Waals surface area contributed by atoms with Gasteiger partial charge < -0.3 is 9.47 Å². The van der Waals surface area contributed by atoms with Crippen LogP contribution in [0.15, 0.2) is 30.7 Å². The molecular formula is C18H26N4. The number of imidazole rings is 1. The molecule has 4 heteroatoms. The third-order valence-electron chi connectivity index (χ3n) is 4.81. The summed E-state index contributed by atoms with van der Waals surface area (Å²) in [5.74, 6) is 1.81. The number of hydrogen-bond donors (Lipinski definition) is 0. The molecule has 1 saturated heterocycles. The Kier molecular flexibility index (Phi) is 4.57. The lowest BCUT2D eigenvalue weighted by molar-refractivity contribution is 0.168. The standard InChI is InChI=1S/C18H26N4/c1-14(2)21-10-6-16(7-11-21)18-20-9-12-22(18)13-17-15(3)5-4-8-19-17/h4-5,8-9,12,14,16H,6-7,10-11,13H2,1-3H3. The van der Waals surface area contributed by atoms with Crippen LogP contribution in [0.3, 0.4) is 0 Å². The van der Waals surface area contributed by atoms with Gasteiger partial charge in [-0.2, -0.15) is 0 Å². The number of aromatic nitrogens is 3. The van der Waals surface area contributed by atoms with E-state index in [4.69, 9.17) is 0 Å². The molecule has 1 aliphatic rings. The van der Waals surface area contributed by atoms with Gasteiger partial charge in [0.25, 0.3) is 0 Å². The quantitative estimate of drug-likeness (QED) is 0.869. The first kappa shape index (κ1) is 15.2. The van der Waals surface area contributed by atoms with Gasteiger partial charge in [-0.1, -0.05) is 6.07 Å². The van der Waals surface area contributed by atoms with Crippen molar-refractivity contribution in [1.29, 1.82) is 0 Å². The normalized spacial score (nSPS) is 17.3. The fraction of sp³-hybridized carbons (Fsp3) is 0.556. The second-order valence-electron chi connectivity index (χ2n) is 6.58. The van der Waals surface area contributed by atoms with Gasteiger partial charge in [0.2, 0.25) is 0 Å². The molecule has 0 bridgehead atoms. The fourth-order valence-corrected chi connectivity index (χ4v) is 3.33. The Labute approximate surface area is 133 Å². The van der Waals surface area contributed by atoms with Crippen molar-refractivity contribution >= 4 is 0 Å². The largest absolute Gasteiger partial charge is 0.329 e. The molecule has 0 radical (unpaired) electrons. The van der Waals surface area contributed by atoms with Crippen LogP contribution in [0.1, 0.15) is 49.7 Å². The number of aryl methyl sites for hydroxylation is 1. The Morgan fingerprint density at radius 2 is 1.95 bits per heavy atom. The van der Waals surface area contributed by atoms with Gasteiger partial charge in [0, 0.05) is 30.6 Å². The van der Waals surface area contributed by atoms with E-state index in [9.17, 15) is 0 Å². The fourth-order valence-electron chi connectivity index (χ4n) is 3.33. The zero-order valence-corrected chi connectivity index (χ0v) is 13.9. The third-order valence-corrected chi connectivity index (χ3v) is 4.81. The average Bonchev–Trinajstić information content (AvgIpc) is 2.98. The van der Waals surface area contributed by atoms with E-state index in [1.807, 2.05) is 18.5 Å². The number of likely N-dealkylation sites (tertiary alicyclic amines) is 1. The molecule has 1 fully saturated rings. The summed E-state index contributed by atoms with van der Waals surface area (Å²) < 4.78 is 2.28. The molecule has 3 heterocycles. The minimum atomic E-state index is 0.578. The Morgan fingerprint density at radius 3 is 2.64 bits per heavy atom. The molecule has 22 heavy (non-hydrogen) atoms. The summed E-state index contributed by atoms with van der Waals surface area (Å²) in [4.78, 5) is 11.7. The highest BCUT2D eigenvalue weighted by molar-refractivity contribution is 5.19. The van der Waals surface area contributed by atoms with E-state index < -0.39 is 0 Å². The molecule has 118 valence electrons. The van der Waals surface area contributed by atoms with Crippen LogP contribution in [-0.4, -0.2) is 38.6 Å². The molecular weight excluding hydrogens is 272 g/mol. The van der Waals surface area contributed by atoms with E-state index in [1.54, 1.807) is 0 Å². The summed E-state index contributed by atoms with van der Waals surface area (Å²) in [6.45, 7) is 9.87. The summed E-state index contributed by atoms with van der Waals surface area (Å²) in [7, 11) is 0. The first-order valence-electron chi connectivity index (χ1n) is 8.30. The number of nitrogens with zero attached hydrogens (tertiary/aromatic N) is 4. The van der Waals surface area contributed by atoms with E-state index in [2.05, 4.69) is 52.5 Å². The maximum atomic E-state index is 4.65. The predicted octanol–water partition coefficient (Wildman–Crippen LogP) is 3.22. The lowest BCUT2D eigenvalue weighted by atomic mass is 9.95. The Hall–Kier alpha value is -1.68. The molecule has 1 aliphatic heterocycles. The molecule has 0 N–H and O–H groups in total. The van der Waals surface area contributed by atoms with Crippen molar-refractivity contribution in [1.82, 2.24) is 19.4 Å². The molecule has 0 amide bonds. The monoisotopic (exact) mass is 298 g/mol. The molecule has 0 aromatic carbocycles. The molecule has 2 aromatic heterocycles. The van der Waals surface area contributed by atoms with Gasteiger partial charge in [-0.15, -0.1) is 0 Å². The minimum Gasteiger partial charge on any atom is -0.329 e. The van der Waals surface area contributed by atoms with Crippen molar-refractivity contribution in [2.75, 3.05) is 13.1 Å². The molecule has 2 aromatic rings. The molecule has 0 saturated carbocycles. The number of pyridine rings is 1. The van der Waals surface area contributed by atoms with Crippen LogP contribution in [0, 0.1) is 6.92 Å². The van der Waals surface area contributed by atoms with Crippen molar-refractivity contribution in [3.8, 4) is 0 Å². The van der Waals surface area contributed by atoms with E-state index >= 15 is 0 Å². The molecule has 0 spiro atoms. The van der Waals surface area contributed by atoms with Gasteiger partial charge in [0.1, 0.15) is 5.82 Å². The second kappa shape index (κ2) is 6.61. The van der Waals surface area contributed by atoms with Crippen LogP contribution >= 0.6 is 0 Å². The van der Waals surface area contributed by atoms with Crippen LogP contribution < -0.4 is 0 Å². The molecule has 4 nitrogen and oxygen atoms in total. The summed E-state index contributed by atoms with van der Waals surface area (Å²) in [6, 6.07) is 4.77. The van der Waals surface area contributed by atoms with Crippen LogP contribution in [0.25, 0.3) is 0 Å². The summed E-state index contributed by atoms with van der Waals surface area (Å²) in [5, 5.41) is 0. The van der Waals surface area contributed by atoms with Crippen molar-refractivity contribution in [2.45, 2.75) is 52.1 Å². The Morgan fingerprint density at radius 1 is 1.18 bits per heavy atom. The summed E-state index contributed by atoms with van der Waals surface area (Å²) in [5.41, 5.74) is 2.39. The molecule has 0 atom stereocenters. The molecule has 0 unspecified atom stereocenters. The highest BCUT2D eigenvalue weighted by atomic mass is 15.2. The number of rotatable bonds is 4. The summed E-state index contributed by atoms with van der Waals surface area (Å²) >= 11 is 0. The lowest BCUT2D eigenvalue weighted by Crippen LogP contribution is -2.38. The summed E-state index contributed by atoms with van der Waals surface area (Å²) in [6.07, 6.45) is 8.31. The average molecular weight is 298 g/mol. The first-order valence-corrected chi connectivity index (χ1v) is 8.30. The minimum absolute atomic E-state index is 0.578. The van der Waals surface area contributed by atoms with Gasteiger partial charge >= 0.3 is 0 Å². The van der Waals surface area contributed by atoms with Gasteiger partial charge in [-0.25, -0.2) is 4.98 Å². The molecule has 0 aliphatic carbocycles.